The van der Waals surface area contributed by atoms with Crippen LogP contribution >= 0.6 is 0 Å². The van der Waals surface area contributed by atoms with E-state index in [1.807, 2.05) is 0 Å². The van der Waals surface area contributed by atoms with Gasteiger partial charge in [-0.05, 0) is 31.0 Å². The van der Waals surface area contributed by atoms with Crippen molar-refractivity contribution in [3.63, 3.8) is 0 Å². The van der Waals surface area contributed by atoms with Crippen LogP contribution in [0.2, 0.25) is 0 Å². The van der Waals surface area contributed by atoms with Gasteiger partial charge in [0.2, 0.25) is 10.0 Å². The summed E-state index contributed by atoms with van der Waals surface area (Å²) >= 11 is 0. The average molecular weight is 321 g/mol. The van der Waals surface area contributed by atoms with Crippen molar-refractivity contribution in [2.45, 2.75) is 18.2 Å². The molecule has 0 unspecified atom stereocenters. The number of sulfonamides is 1. The van der Waals surface area contributed by atoms with Crippen molar-refractivity contribution in [1.29, 1.82) is 0 Å². The lowest BCUT2D eigenvalue weighted by Gasteiger charge is -2.13. The van der Waals surface area contributed by atoms with Crippen LogP contribution in [-0.4, -0.2) is 35.4 Å². The minimum atomic E-state index is -3.85. The molecule has 0 heterocycles. The standard InChI is InChI=1S/C11H19N3O4S2/c1-8-10(14-4-3-5-19(2,15)16)6-9(12)7-11(8)20(13,17)18/h6-7,14H,3-5,12H2,1-2H3,(H2,13,17,18). The van der Waals surface area contributed by atoms with Gasteiger partial charge in [0.1, 0.15) is 9.84 Å². The Morgan fingerprint density at radius 3 is 2.30 bits per heavy atom. The first kappa shape index (κ1) is 16.7. The maximum absolute atomic E-state index is 11.4. The molecule has 20 heavy (non-hydrogen) atoms. The minimum Gasteiger partial charge on any atom is -0.399 e. The minimum absolute atomic E-state index is 0.0388. The van der Waals surface area contributed by atoms with Crippen molar-refractivity contribution >= 4 is 31.2 Å². The Morgan fingerprint density at radius 1 is 1.20 bits per heavy atom. The van der Waals surface area contributed by atoms with E-state index in [9.17, 15) is 16.8 Å². The molecule has 0 spiro atoms. The summed E-state index contributed by atoms with van der Waals surface area (Å²) in [4.78, 5) is -0.0388. The predicted molar refractivity (Wildman–Crippen MR) is 79.8 cm³/mol. The van der Waals surface area contributed by atoms with Gasteiger partial charge in [-0.15, -0.1) is 0 Å². The third-order valence-electron chi connectivity index (χ3n) is 2.70. The number of primary sulfonamides is 1. The average Bonchev–Trinajstić information content (AvgIpc) is 2.25. The zero-order valence-electron chi connectivity index (χ0n) is 11.4. The van der Waals surface area contributed by atoms with E-state index in [2.05, 4.69) is 5.32 Å². The molecule has 114 valence electrons. The fraction of sp³-hybridized carbons (Fsp3) is 0.455. The SMILES string of the molecule is Cc1c(NCCCS(C)(=O)=O)cc(N)cc1S(N)(=O)=O. The van der Waals surface area contributed by atoms with Crippen LogP contribution in [0.4, 0.5) is 11.4 Å². The highest BCUT2D eigenvalue weighted by atomic mass is 32.2. The Hall–Kier alpha value is -1.32. The van der Waals surface area contributed by atoms with E-state index in [0.717, 1.165) is 6.26 Å². The monoisotopic (exact) mass is 321 g/mol. The van der Waals surface area contributed by atoms with Crippen LogP contribution in [0.1, 0.15) is 12.0 Å². The first-order valence-electron chi connectivity index (χ1n) is 5.85. The first-order chi connectivity index (χ1) is 9.00. The molecule has 0 aliphatic carbocycles. The zero-order valence-corrected chi connectivity index (χ0v) is 13.0. The molecule has 0 aliphatic rings. The number of nitrogens with two attached hydrogens (primary N) is 2. The van der Waals surface area contributed by atoms with E-state index < -0.39 is 19.9 Å². The number of hydrogen-bond donors (Lipinski definition) is 3. The van der Waals surface area contributed by atoms with E-state index in [-0.39, 0.29) is 16.3 Å². The zero-order chi connectivity index (χ0) is 15.6. The van der Waals surface area contributed by atoms with Gasteiger partial charge in [0.15, 0.2) is 0 Å². The fourth-order valence-corrected chi connectivity index (χ4v) is 3.25. The highest BCUT2D eigenvalue weighted by Gasteiger charge is 2.15. The summed E-state index contributed by atoms with van der Waals surface area (Å²) in [5.74, 6) is 0.0589. The summed E-state index contributed by atoms with van der Waals surface area (Å²) in [7, 11) is -6.86. The molecule has 1 rings (SSSR count). The Morgan fingerprint density at radius 2 is 1.80 bits per heavy atom. The van der Waals surface area contributed by atoms with Gasteiger partial charge in [0.05, 0.1) is 10.6 Å². The normalized spacial score (nSPS) is 12.3. The topological polar surface area (TPSA) is 132 Å². The number of nitrogens with one attached hydrogen (secondary N) is 1. The second-order valence-corrected chi connectivity index (χ2v) is 8.44. The molecule has 1 aromatic carbocycles. The van der Waals surface area contributed by atoms with E-state index in [0.29, 0.717) is 24.2 Å². The number of nitrogen functional groups attached to an aromatic ring is 1. The maximum atomic E-state index is 11.4. The molecule has 0 radical (unpaired) electrons. The van der Waals surface area contributed by atoms with E-state index in [1.165, 1.54) is 6.07 Å². The molecule has 7 nitrogen and oxygen atoms in total. The second-order valence-electron chi connectivity index (χ2n) is 4.65. The van der Waals surface area contributed by atoms with Crippen molar-refractivity contribution in [2.75, 3.05) is 29.6 Å². The Kier molecular flexibility index (Phi) is 5.00. The van der Waals surface area contributed by atoms with Gasteiger partial charge in [0.25, 0.3) is 0 Å². The maximum Gasteiger partial charge on any atom is 0.238 e. The van der Waals surface area contributed by atoms with Crippen LogP contribution in [0.15, 0.2) is 17.0 Å². The van der Waals surface area contributed by atoms with Crippen molar-refractivity contribution in [3.8, 4) is 0 Å². The van der Waals surface area contributed by atoms with Crippen molar-refractivity contribution in [3.05, 3.63) is 17.7 Å². The summed E-state index contributed by atoms with van der Waals surface area (Å²) in [6.45, 7) is 2.00. The van der Waals surface area contributed by atoms with E-state index in [1.54, 1.807) is 13.0 Å². The molecule has 0 bridgehead atoms. The summed E-state index contributed by atoms with van der Waals surface area (Å²) in [5, 5.41) is 8.09. The lowest BCUT2D eigenvalue weighted by Crippen LogP contribution is -2.16. The van der Waals surface area contributed by atoms with Crippen molar-refractivity contribution in [1.82, 2.24) is 0 Å². The highest BCUT2D eigenvalue weighted by molar-refractivity contribution is 7.90. The summed E-state index contributed by atoms with van der Waals surface area (Å²) in [6.07, 6.45) is 1.58. The quantitative estimate of drug-likeness (QED) is 0.502. The lowest BCUT2D eigenvalue weighted by molar-refractivity contribution is 0.596. The van der Waals surface area contributed by atoms with Crippen LogP contribution in [0, 0.1) is 6.92 Å². The van der Waals surface area contributed by atoms with Gasteiger partial charge in [-0.25, -0.2) is 22.0 Å². The Bertz CT molecular complexity index is 697. The number of rotatable bonds is 6. The molecule has 0 atom stereocenters. The lowest BCUT2D eigenvalue weighted by atomic mass is 10.2. The van der Waals surface area contributed by atoms with E-state index in [4.69, 9.17) is 10.9 Å². The molecule has 0 aliphatic heterocycles. The van der Waals surface area contributed by atoms with Gasteiger partial charge in [0, 0.05) is 24.2 Å². The number of hydrogen-bond acceptors (Lipinski definition) is 6. The van der Waals surface area contributed by atoms with Gasteiger partial charge in [-0.3, -0.25) is 0 Å². The molecule has 5 N–H and O–H groups in total. The molecule has 0 amide bonds. The second kappa shape index (κ2) is 5.98. The molecule has 1 aromatic rings. The van der Waals surface area contributed by atoms with Crippen LogP contribution < -0.4 is 16.2 Å². The van der Waals surface area contributed by atoms with E-state index >= 15 is 0 Å². The van der Waals surface area contributed by atoms with Crippen molar-refractivity contribution < 1.29 is 16.8 Å². The fourth-order valence-electron chi connectivity index (χ4n) is 1.75. The molecule has 0 saturated carbocycles. The Balaban J connectivity index is 2.89. The molecular formula is C11H19N3O4S2. The van der Waals surface area contributed by atoms with Crippen LogP contribution in [0.25, 0.3) is 0 Å². The number of anilines is 2. The molecule has 0 fully saturated rings. The first-order valence-corrected chi connectivity index (χ1v) is 9.46. The van der Waals surface area contributed by atoms with Crippen LogP contribution in [0.3, 0.4) is 0 Å². The van der Waals surface area contributed by atoms with Gasteiger partial charge in [-0.1, -0.05) is 0 Å². The smallest absolute Gasteiger partial charge is 0.238 e. The number of sulfone groups is 1. The van der Waals surface area contributed by atoms with Gasteiger partial charge >= 0.3 is 0 Å². The van der Waals surface area contributed by atoms with Crippen molar-refractivity contribution in [2.24, 2.45) is 5.14 Å². The summed E-state index contributed by atoms with van der Waals surface area (Å²) in [5.41, 5.74) is 6.90. The molecule has 0 aromatic heterocycles. The third-order valence-corrected chi connectivity index (χ3v) is 4.76. The van der Waals surface area contributed by atoms with Crippen LogP contribution in [0.5, 0.6) is 0 Å². The summed E-state index contributed by atoms with van der Waals surface area (Å²) < 4.78 is 44.9. The largest absolute Gasteiger partial charge is 0.399 e. The molecular weight excluding hydrogens is 302 g/mol. The number of benzene rings is 1. The van der Waals surface area contributed by atoms with Gasteiger partial charge in [-0.2, -0.15) is 0 Å². The van der Waals surface area contributed by atoms with Crippen LogP contribution in [-0.2, 0) is 19.9 Å². The highest BCUT2D eigenvalue weighted by Crippen LogP contribution is 2.25. The third kappa shape index (κ3) is 4.99. The molecule has 0 saturated heterocycles. The predicted octanol–water partition coefficient (Wildman–Crippen LogP) is 0.0712. The summed E-state index contributed by atoms with van der Waals surface area (Å²) in [6, 6.07) is 2.89. The Labute approximate surface area is 119 Å². The molecule has 9 heteroatoms. The van der Waals surface area contributed by atoms with Gasteiger partial charge < -0.3 is 11.1 Å².